The molecule has 0 spiro atoms. The van der Waals surface area contributed by atoms with Crippen molar-refractivity contribution < 1.29 is 9.90 Å². The second-order valence-electron chi connectivity index (χ2n) is 8.54. The Bertz CT molecular complexity index is 1110. The van der Waals surface area contributed by atoms with Gasteiger partial charge in [-0.05, 0) is 51.8 Å². The molecule has 1 N–H and O–H groups in total. The zero-order chi connectivity index (χ0) is 22.2. The number of carbonyl (C=O) groups is 1. The maximum absolute atomic E-state index is 13.1. The Labute approximate surface area is 182 Å². The first-order valence-electron chi connectivity index (χ1n) is 10.8. The van der Waals surface area contributed by atoms with E-state index in [9.17, 15) is 9.90 Å². The number of piperidine rings is 1. The Balaban J connectivity index is 1.49. The molecule has 164 valence electrons. The molecule has 31 heavy (non-hydrogen) atoms. The molecule has 0 bridgehead atoms. The van der Waals surface area contributed by atoms with Crippen LogP contribution in [0, 0.1) is 13.8 Å². The minimum absolute atomic E-state index is 0.117. The molecular formula is C23H30N6O2. The summed E-state index contributed by atoms with van der Waals surface area (Å²) >= 11 is 0. The topological polar surface area (TPSA) is 87.4 Å². The summed E-state index contributed by atoms with van der Waals surface area (Å²) in [7, 11) is 1.74. The molecule has 1 saturated heterocycles. The van der Waals surface area contributed by atoms with Gasteiger partial charge < -0.3 is 19.5 Å². The Hall–Kier alpha value is -3.00. The highest BCUT2D eigenvalue weighted by Crippen LogP contribution is 2.26. The molecule has 0 saturated carbocycles. The standard InChI is InChI=1S/C23H30N6O2/c1-5-29-17(3)26-19-12-18(7-8-20(19)29)22(30)27(4)13-23(31)9-6-10-28(14-23)21-11-16(2)24-15-25-21/h7-8,11-12,15,31H,5-6,9-10,13-14H2,1-4H3/t23-/m1/s1. The number of aryl methyl sites for hydroxylation is 3. The van der Waals surface area contributed by atoms with Gasteiger partial charge in [-0.2, -0.15) is 0 Å². The summed E-state index contributed by atoms with van der Waals surface area (Å²) in [5, 5.41) is 11.3. The number of carbonyl (C=O) groups excluding carboxylic acids is 1. The van der Waals surface area contributed by atoms with Crippen molar-refractivity contribution in [1.82, 2.24) is 24.4 Å². The number of aliphatic hydroxyl groups is 1. The summed E-state index contributed by atoms with van der Waals surface area (Å²) in [6, 6.07) is 7.56. The number of likely N-dealkylation sites (N-methyl/N-ethyl adjacent to an activating group) is 1. The molecule has 3 heterocycles. The Morgan fingerprint density at radius 1 is 1.26 bits per heavy atom. The SMILES string of the molecule is CCn1c(C)nc2cc(C(=O)N(C)C[C@]3(O)CCCN(c4cc(C)ncn4)C3)ccc21. The Kier molecular flexibility index (Phi) is 5.66. The van der Waals surface area contributed by atoms with E-state index in [2.05, 4.69) is 31.3 Å². The van der Waals surface area contributed by atoms with Crippen LogP contribution in [0.25, 0.3) is 11.0 Å². The van der Waals surface area contributed by atoms with Crippen molar-refractivity contribution in [3.63, 3.8) is 0 Å². The highest BCUT2D eigenvalue weighted by Gasteiger charge is 2.36. The van der Waals surface area contributed by atoms with Crippen molar-refractivity contribution in [3.8, 4) is 0 Å². The summed E-state index contributed by atoms with van der Waals surface area (Å²) in [6.07, 6.45) is 3.03. The van der Waals surface area contributed by atoms with E-state index in [0.29, 0.717) is 18.5 Å². The van der Waals surface area contributed by atoms with Crippen molar-refractivity contribution in [3.05, 3.63) is 47.7 Å². The smallest absolute Gasteiger partial charge is 0.253 e. The van der Waals surface area contributed by atoms with E-state index >= 15 is 0 Å². The largest absolute Gasteiger partial charge is 0.386 e. The molecular weight excluding hydrogens is 392 g/mol. The molecule has 1 atom stereocenters. The van der Waals surface area contributed by atoms with Gasteiger partial charge in [-0.1, -0.05) is 0 Å². The number of hydrogen-bond acceptors (Lipinski definition) is 6. The van der Waals surface area contributed by atoms with Gasteiger partial charge in [0.05, 0.1) is 23.2 Å². The number of amides is 1. The zero-order valence-corrected chi connectivity index (χ0v) is 18.7. The molecule has 0 aliphatic carbocycles. The normalized spacial score (nSPS) is 19.1. The van der Waals surface area contributed by atoms with Gasteiger partial charge in [0.1, 0.15) is 18.0 Å². The Morgan fingerprint density at radius 2 is 2.06 bits per heavy atom. The van der Waals surface area contributed by atoms with Crippen LogP contribution in [-0.4, -0.2) is 67.7 Å². The van der Waals surface area contributed by atoms with Crippen LogP contribution in [0.3, 0.4) is 0 Å². The maximum atomic E-state index is 13.1. The lowest BCUT2D eigenvalue weighted by molar-refractivity contribution is -0.000136. The van der Waals surface area contributed by atoms with Gasteiger partial charge >= 0.3 is 0 Å². The van der Waals surface area contributed by atoms with Crippen LogP contribution in [0.1, 0.15) is 41.6 Å². The number of β-amino-alcohol motifs (C(OH)–C–C–N with tert-alkyl or cyclic N) is 1. The van der Waals surface area contributed by atoms with Crippen molar-refractivity contribution in [2.75, 3.05) is 31.6 Å². The van der Waals surface area contributed by atoms with Crippen molar-refractivity contribution in [2.24, 2.45) is 0 Å². The average molecular weight is 423 g/mol. The van der Waals surface area contributed by atoms with Gasteiger partial charge in [-0.15, -0.1) is 0 Å². The van der Waals surface area contributed by atoms with Crippen LogP contribution >= 0.6 is 0 Å². The summed E-state index contributed by atoms with van der Waals surface area (Å²) in [5.41, 5.74) is 2.33. The fourth-order valence-corrected chi connectivity index (χ4v) is 4.57. The van der Waals surface area contributed by atoms with Gasteiger partial charge in [0.15, 0.2) is 0 Å². The first-order chi connectivity index (χ1) is 14.8. The third kappa shape index (κ3) is 4.25. The number of hydrogen-bond donors (Lipinski definition) is 1. The fourth-order valence-electron chi connectivity index (χ4n) is 4.57. The average Bonchev–Trinajstić information content (AvgIpc) is 3.06. The fraction of sp³-hybridized carbons (Fsp3) is 0.478. The quantitative estimate of drug-likeness (QED) is 0.680. The lowest BCUT2D eigenvalue weighted by atomic mass is 9.92. The molecule has 1 fully saturated rings. The van der Waals surface area contributed by atoms with Gasteiger partial charge in [-0.25, -0.2) is 15.0 Å². The number of imidazole rings is 1. The zero-order valence-electron chi connectivity index (χ0n) is 18.7. The van der Waals surface area contributed by atoms with Crippen LogP contribution in [0.2, 0.25) is 0 Å². The molecule has 1 aliphatic heterocycles. The van der Waals surface area contributed by atoms with Crippen LogP contribution < -0.4 is 4.90 Å². The van der Waals surface area contributed by atoms with Gasteiger partial charge in [0.25, 0.3) is 5.91 Å². The van der Waals surface area contributed by atoms with E-state index in [0.717, 1.165) is 47.9 Å². The van der Waals surface area contributed by atoms with E-state index < -0.39 is 5.60 Å². The Morgan fingerprint density at radius 3 is 2.81 bits per heavy atom. The first kappa shape index (κ1) is 21.2. The third-order valence-electron chi connectivity index (χ3n) is 6.05. The first-order valence-corrected chi connectivity index (χ1v) is 10.8. The number of nitrogens with zero attached hydrogens (tertiary/aromatic N) is 6. The summed E-state index contributed by atoms with van der Waals surface area (Å²) in [5.74, 6) is 1.63. The maximum Gasteiger partial charge on any atom is 0.253 e. The van der Waals surface area contributed by atoms with E-state index in [1.54, 1.807) is 18.3 Å². The summed E-state index contributed by atoms with van der Waals surface area (Å²) < 4.78 is 2.13. The summed E-state index contributed by atoms with van der Waals surface area (Å²) in [6.45, 7) is 8.33. The predicted molar refractivity (Wildman–Crippen MR) is 120 cm³/mol. The number of anilines is 1. The predicted octanol–water partition coefficient (Wildman–Crippen LogP) is 2.57. The molecule has 8 nitrogen and oxygen atoms in total. The lowest BCUT2D eigenvalue weighted by Gasteiger charge is -2.41. The van der Waals surface area contributed by atoms with E-state index in [4.69, 9.17) is 0 Å². The van der Waals surface area contributed by atoms with Crippen LogP contribution in [-0.2, 0) is 6.54 Å². The molecule has 1 aromatic carbocycles. The molecule has 1 amide bonds. The highest BCUT2D eigenvalue weighted by atomic mass is 16.3. The molecule has 8 heteroatoms. The van der Waals surface area contributed by atoms with Crippen molar-refractivity contribution in [2.45, 2.75) is 45.8 Å². The van der Waals surface area contributed by atoms with E-state index in [1.165, 1.54) is 0 Å². The molecule has 3 aromatic rings. The number of benzene rings is 1. The second kappa shape index (κ2) is 8.26. The van der Waals surface area contributed by atoms with Gasteiger partial charge in [0.2, 0.25) is 0 Å². The highest BCUT2D eigenvalue weighted by molar-refractivity contribution is 5.97. The number of rotatable bonds is 5. The van der Waals surface area contributed by atoms with Crippen LogP contribution in [0.15, 0.2) is 30.6 Å². The van der Waals surface area contributed by atoms with Crippen molar-refractivity contribution in [1.29, 1.82) is 0 Å². The van der Waals surface area contributed by atoms with Gasteiger partial charge in [-0.3, -0.25) is 4.79 Å². The minimum atomic E-state index is -0.994. The third-order valence-corrected chi connectivity index (χ3v) is 6.05. The molecule has 4 rings (SSSR count). The van der Waals surface area contributed by atoms with Crippen LogP contribution in [0.4, 0.5) is 5.82 Å². The lowest BCUT2D eigenvalue weighted by Crippen LogP contribution is -2.54. The van der Waals surface area contributed by atoms with Crippen LogP contribution in [0.5, 0.6) is 0 Å². The minimum Gasteiger partial charge on any atom is -0.386 e. The monoisotopic (exact) mass is 422 g/mol. The molecule has 0 unspecified atom stereocenters. The number of fused-ring (bicyclic) bond motifs is 1. The van der Waals surface area contributed by atoms with Crippen molar-refractivity contribution >= 4 is 22.8 Å². The molecule has 1 aliphatic rings. The van der Waals surface area contributed by atoms with Gasteiger partial charge in [0, 0.05) is 44.0 Å². The van der Waals surface area contributed by atoms with E-state index in [-0.39, 0.29) is 12.5 Å². The summed E-state index contributed by atoms with van der Waals surface area (Å²) in [4.78, 5) is 29.9. The number of aromatic nitrogens is 4. The molecule has 2 aromatic heterocycles. The van der Waals surface area contributed by atoms with E-state index in [1.807, 2.05) is 38.1 Å². The molecule has 0 radical (unpaired) electrons. The second-order valence-corrected chi connectivity index (χ2v) is 8.54.